The van der Waals surface area contributed by atoms with E-state index < -0.39 is 26.6 Å². The van der Waals surface area contributed by atoms with Gasteiger partial charge in [-0.25, -0.2) is 12.8 Å². The average Bonchev–Trinajstić information content (AvgIpc) is 3.30. The second kappa shape index (κ2) is 9.60. The van der Waals surface area contributed by atoms with Crippen molar-refractivity contribution in [2.24, 2.45) is 0 Å². The Morgan fingerprint density at radius 3 is 2.42 bits per heavy atom. The number of hydrogen-bond donors (Lipinski definition) is 0. The molecule has 2 heterocycles. The van der Waals surface area contributed by atoms with Gasteiger partial charge < -0.3 is 9.64 Å². The molecule has 33 heavy (non-hydrogen) atoms. The predicted molar refractivity (Wildman–Crippen MR) is 126 cm³/mol. The lowest BCUT2D eigenvalue weighted by atomic mass is 10.2. The van der Waals surface area contributed by atoms with Crippen molar-refractivity contribution in [1.29, 1.82) is 0 Å². The zero-order chi connectivity index (χ0) is 23.8. The third-order valence-electron chi connectivity index (χ3n) is 6.18. The molecule has 1 saturated heterocycles. The molecule has 0 amide bonds. The number of anilines is 1. The van der Waals surface area contributed by atoms with Crippen molar-refractivity contribution >= 4 is 27.3 Å². The van der Waals surface area contributed by atoms with Crippen LogP contribution in [0.5, 0.6) is 5.75 Å². The summed E-state index contributed by atoms with van der Waals surface area (Å²) in [6.45, 7) is 4.81. The molecule has 0 spiro atoms. The first-order valence-corrected chi connectivity index (χ1v) is 13.0. The van der Waals surface area contributed by atoms with Gasteiger partial charge in [0.05, 0.1) is 28.3 Å². The lowest BCUT2D eigenvalue weighted by Gasteiger charge is -2.36. The van der Waals surface area contributed by atoms with Crippen LogP contribution in [-0.4, -0.2) is 60.0 Å². The minimum absolute atomic E-state index is 0.0632. The fourth-order valence-corrected chi connectivity index (χ4v) is 5.66. The second-order valence-electron chi connectivity index (χ2n) is 8.68. The highest BCUT2D eigenvalue weighted by molar-refractivity contribution is 7.89. The van der Waals surface area contributed by atoms with Gasteiger partial charge in [-0.3, -0.25) is 4.79 Å². The first kappa shape index (κ1) is 24.0. The van der Waals surface area contributed by atoms with E-state index in [0.29, 0.717) is 37.6 Å². The summed E-state index contributed by atoms with van der Waals surface area (Å²) in [5.74, 6) is -0.403. The van der Waals surface area contributed by atoms with Gasteiger partial charge in [0.25, 0.3) is 0 Å². The average molecular weight is 499 g/mol. The summed E-state index contributed by atoms with van der Waals surface area (Å²) in [4.78, 5) is 15.4. The summed E-state index contributed by atoms with van der Waals surface area (Å²) in [6.07, 6.45) is 5.30. The van der Waals surface area contributed by atoms with E-state index >= 15 is 0 Å². The SMILES string of the molecule is CC(C)S(=O)(=O)N1CCN(c2cnn(-c3ccc(F)c(Cl)c3)c(=O)c2OC2CCCC2)CC1. The number of piperazine rings is 1. The van der Waals surface area contributed by atoms with Gasteiger partial charge in [0, 0.05) is 26.2 Å². The maximum Gasteiger partial charge on any atom is 0.316 e. The number of nitrogens with zero attached hydrogens (tertiary/aromatic N) is 4. The molecule has 4 rings (SSSR count). The van der Waals surface area contributed by atoms with Crippen molar-refractivity contribution in [3.63, 3.8) is 0 Å². The Bertz CT molecular complexity index is 1170. The van der Waals surface area contributed by atoms with Gasteiger partial charge in [0.15, 0.2) is 0 Å². The summed E-state index contributed by atoms with van der Waals surface area (Å²) in [6, 6.07) is 3.97. The number of hydrogen-bond acceptors (Lipinski definition) is 6. The molecule has 11 heteroatoms. The van der Waals surface area contributed by atoms with Gasteiger partial charge in [-0.1, -0.05) is 11.6 Å². The number of ether oxygens (including phenoxy) is 1. The zero-order valence-corrected chi connectivity index (χ0v) is 20.3. The molecule has 1 saturated carbocycles. The van der Waals surface area contributed by atoms with E-state index in [4.69, 9.17) is 16.3 Å². The standard InChI is InChI=1S/C22H28ClFN4O4S/c1-15(2)33(30,31)27-11-9-26(10-12-27)20-14-25-28(16-7-8-19(24)18(23)13-16)22(29)21(20)32-17-5-3-4-6-17/h7-8,13-15,17H,3-6,9-12H2,1-2H3. The zero-order valence-electron chi connectivity index (χ0n) is 18.7. The predicted octanol–water partition coefficient (Wildman–Crippen LogP) is 3.21. The lowest BCUT2D eigenvalue weighted by molar-refractivity contribution is 0.205. The molecule has 0 atom stereocenters. The van der Waals surface area contributed by atoms with E-state index in [-0.39, 0.29) is 16.9 Å². The van der Waals surface area contributed by atoms with E-state index in [1.54, 1.807) is 20.0 Å². The Labute approximate surface area is 197 Å². The maximum absolute atomic E-state index is 13.6. The highest BCUT2D eigenvalue weighted by Crippen LogP contribution is 2.31. The molecule has 2 fully saturated rings. The molecule has 0 radical (unpaired) electrons. The summed E-state index contributed by atoms with van der Waals surface area (Å²) in [7, 11) is -3.34. The van der Waals surface area contributed by atoms with Crippen molar-refractivity contribution in [1.82, 2.24) is 14.1 Å². The molecule has 1 aliphatic heterocycles. The van der Waals surface area contributed by atoms with Crippen LogP contribution in [0.15, 0.2) is 29.2 Å². The molecule has 1 aromatic carbocycles. The summed E-state index contributed by atoms with van der Waals surface area (Å²) in [5.41, 5.74) is 0.416. The molecular formula is C22H28ClFN4O4S. The van der Waals surface area contributed by atoms with E-state index in [1.165, 1.54) is 22.5 Å². The smallest absolute Gasteiger partial charge is 0.316 e. The molecule has 8 nitrogen and oxygen atoms in total. The normalized spacial score (nSPS) is 18.3. The minimum Gasteiger partial charge on any atom is -0.483 e. The third kappa shape index (κ3) is 4.88. The van der Waals surface area contributed by atoms with Crippen LogP contribution in [0.3, 0.4) is 0 Å². The highest BCUT2D eigenvalue weighted by Gasteiger charge is 2.32. The fourth-order valence-electron chi connectivity index (χ4n) is 4.22. The van der Waals surface area contributed by atoms with Crippen LogP contribution in [0, 0.1) is 5.82 Å². The molecule has 1 aliphatic carbocycles. The Kier molecular flexibility index (Phi) is 6.97. The van der Waals surface area contributed by atoms with Crippen LogP contribution in [0.2, 0.25) is 5.02 Å². The van der Waals surface area contributed by atoms with Crippen molar-refractivity contribution in [3.05, 3.63) is 45.6 Å². The maximum atomic E-state index is 13.6. The van der Waals surface area contributed by atoms with E-state index in [0.717, 1.165) is 30.4 Å². The number of sulfonamides is 1. The lowest BCUT2D eigenvalue weighted by Crippen LogP contribution is -2.50. The number of benzene rings is 1. The highest BCUT2D eigenvalue weighted by atomic mass is 35.5. The number of rotatable bonds is 6. The van der Waals surface area contributed by atoms with Gasteiger partial charge >= 0.3 is 5.56 Å². The van der Waals surface area contributed by atoms with Crippen LogP contribution < -0.4 is 15.2 Å². The molecule has 0 N–H and O–H groups in total. The topological polar surface area (TPSA) is 84.7 Å². The summed E-state index contributed by atoms with van der Waals surface area (Å²) < 4.78 is 47.5. The Hall–Kier alpha value is -2.17. The van der Waals surface area contributed by atoms with Gasteiger partial charge in [-0.2, -0.15) is 14.1 Å². The van der Waals surface area contributed by atoms with Crippen molar-refractivity contribution in [2.75, 3.05) is 31.1 Å². The monoisotopic (exact) mass is 498 g/mol. The van der Waals surface area contributed by atoms with Gasteiger partial charge in [-0.15, -0.1) is 0 Å². The third-order valence-corrected chi connectivity index (χ3v) is 8.75. The second-order valence-corrected chi connectivity index (χ2v) is 11.6. The first-order valence-electron chi connectivity index (χ1n) is 11.2. The Morgan fingerprint density at radius 1 is 1.15 bits per heavy atom. The number of aromatic nitrogens is 2. The Balaban J connectivity index is 1.67. The fraction of sp³-hybridized carbons (Fsp3) is 0.545. The Morgan fingerprint density at radius 2 is 1.82 bits per heavy atom. The van der Waals surface area contributed by atoms with Crippen molar-refractivity contribution < 1.29 is 17.5 Å². The van der Waals surface area contributed by atoms with Crippen molar-refractivity contribution in [3.8, 4) is 11.4 Å². The van der Waals surface area contributed by atoms with E-state index in [9.17, 15) is 17.6 Å². The van der Waals surface area contributed by atoms with E-state index in [1.807, 2.05) is 4.90 Å². The molecule has 0 bridgehead atoms. The van der Waals surface area contributed by atoms with Gasteiger partial charge in [-0.05, 0) is 57.7 Å². The van der Waals surface area contributed by atoms with Gasteiger partial charge in [0.2, 0.25) is 15.8 Å². The summed E-state index contributed by atoms with van der Waals surface area (Å²) >= 11 is 5.91. The van der Waals surface area contributed by atoms with Crippen LogP contribution >= 0.6 is 11.6 Å². The molecule has 1 aromatic heterocycles. The quantitative estimate of drug-likeness (QED) is 0.608. The van der Waals surface area contributed by atoms with Crippen LogP contribution in [0.25, 0.3) is 5.69 Å². The molecule has 2 aromatic rings. The largest absolute Gasteiger partial charge is 0.483 e. The molecular weight excluding hydrogens is 471 g/mol. The molecule has 2 aliphatic rings. The first-order chi connectivity index (χ1) is 15.7. The van der Waals surface area contributed by atoms with Crippen LogP contribution in [-0.2, 0) is 10.0 Å². The molecule has 0 unspecified atom stereocenters. The van der Waals surface area contributed by atoms with Crippen LogP contribution in [0.4, 0.5) is 10.1 Å². The number of halogens is 2. The van der Waals surface area contributed by atoms with Crippen molar-refractivity contribution in [2.45, 2.75) is 50.9 Å². The van der Waals surface area contributed by atoms with E-state index in [2.05, 4.69) is 5.10 Å². The molecule has 180 valence electrons. The summed E-state index contributed by atoms with van der Waals surface area (Å²) in [5, 5.41) is 3.70. The van der Waals surface area contributed by atoms with Crippen LogP contribution in [0.1, 0.15) is 39.5 Å². The minimum atomic E-state index is -3.34. The van der Waals surface area contributed by atoms with Gasteiger partial charge in [0.1, 0.15) is 11.5 Å².